The lowest BCUT2D eigenvalue weighted by atomic mass is 10.0. The number of hydrogen-bond donors (Lipinski definition) is 3. The molecule has 7 nitrogen and oxygen atoms in total. The fraction of sp³-hybridized carbons (Fsp3) is 0.762. The van der Waals surface area contributed by atoms with E-state index in [1.807, 2.05) is 36.5 Å². The van der Waals surface area contributed by atoms with Crippen LogP contribution >= 0.6 is 0 Å². The van der Waals surface area contributed by atoms with Crippen molar-refractivity contribution in [3.05, 3.63) is 48.6 Å². The van der Waals surface area contributed by atoms with Crippen LogP contribution in [0.4, 0.5) is 0 Å². The van der Waals surface area contributed by atoms with E-state index in [-0.39, 0.29) is 25.1 Å². The molecule has 0 fully saturated rings. The molecule has 0 aliphatic heterocycles. The average molecular weight is 691 g/mol. The molecule has 0 saturated heterocycles. The summed E-state index contributed by atoms with van der Waals surface area (Å²) in [6, 6.07) is 0. The van der Waals surface area contributed by atoms with E-state index >= 15 is 0 Å². The van der Waals surface area contributed by atoms with Crippen molar-refractivity contribution in [2.24, 2.45) is 5.92 Å². The Kier molecular flexibility index (Phi) is 34.0. The summed E-state index contributed by atoms with van der Waals surface area (Å²) >= 11 is 0. The van der Waals surface area contributed by atoms with Gasteiger partial charge in [0.1, 0.15) is 6.61 Å². The zero-order valence-electron chi connectivity index (χ0n) is 31.6. The third-order valence-corrected chi connectivity index (χ3v) is 8.51. The molecule has 3 N–H and O–H groups in total. The molecule has 7 heteroatoms. The van der Waals surface area contributed by atoms with Gasteiger partial charge in [-0.25, -0.2) is 0 Å². The van der Waals surface area contributed by atoms with Gasteiger partial charge in [-0.15, -0.1) is 0 Å². The Morgan fingerprint density at radius 3 is 1.57 bits per heavy atom. The molecule has 0 aliphatic rings. The molecule has 3 atom stereocenters. The molecule has 0 bridgehead atoms. The molecule has 0 spiro atoms. The van der Waals surface area contributed by atoms with E-state index in [1.165, 1.54) is 70.6 Å². The standard InChI is InChI=1S/C42H74O7/c1-4-5-22-29-38(44)30-24-19-15-13-16-20-25-31-39(45)32-27-34-41(46)48-36-40(35-43)49-42(47)33-26-21-17-12-10-8-6-7-9-11-14-18-23-28-37(2)3/h15-16,19-20,24-25,30-31,37-40,43-45H,4-14,17-18,21-23,26-29,32-36H2,1-3H3/b19-15-,20-16-,30-24+,31-25+/t38-,39-,40-/m0/s1. The first-order chi connectivity index (χ1) is 23.8. The summed E-state index contributed by atoms with van der Waals surface area (Å²) in [7, 11) is 0. The Hall–Kier alpha value is -2.22. The number of aliphatic hydroxyl groups excluding tert-OH is 3. The predicted octanol–water partition coefficient (Wildman–Crippen LogP) is 10.0. The van der Waals surface area contributed by atoms with Crippen LogP contribution in [0, 0.1) is 5.92 Å². The number of esters is 2. The van der Waals surface area contributed by atoms with Gasteiger partial charge in [-0.05, 0) is 38.0 Å². The van der Waals surface area contributed by atoms with Crippen molar-refractivity contribution in [3.63, 3.8) is 0 Å². The molecule has 0 amide bonds. The molecule has 0 saturated carbocycles. The van der Waals surface area contributed by atoms with Crippen LogP contribution < -0.4 is 0 Å². The number of carbonyl (C=O) groups is 2. The molecular formula is C42H74O7. The summed E-state index contributed by atoms with van der Waals surface area (Å²) in [4.78, 5) is 24.3. The Labute approximate surface area is 300 Å². The quantitative estimate of drug-likeness (QED) is 0.0350. The summed E-state index contributed by atoms with van der Waals surface area (Å²) in [6.45, 7) is 6.18. The van der Waals surface area contributed by atoms with Gasteiger partial charge in [-0.3, -0.25) is 9.59 Å². The molecule has 49 heavy (non-hydrogen) atoms. The molecule has 0 radical (unpaired) electrons. The minimum absolute atomic E-state index is 0.136. The Morgan fingerprint density at radius 2 is 1.06 bits per heavy atom. The molecule has 0 aromatic carbocycles. The zero-order chi connectivity index (χ0) is 36.2. The van der Waals surface area contributed by atoms with Gasteiger partial charge >= 0.3 is 11.9 Å². The third-order valence-electron chi connectivity index (χ3n) is 8.51. The maximum Gasteiger partial charge on any atom is 0.306 e. The van der Waals surface area contributed by atoms with Crippen molar-refractivity contribution in [2.45, 2.75) is 187 Å². The van der Waals surface area contributed by atoms with Gasteiger partial charge in [0.05, 0.1) is 18.8 Å². The number of unbranched alkanes of at least 4 members (excludes halogenated alkanes) is 14. The summed E-state index contributed by atoms with van der Waals surface area (Å²) in [6.07, 6.45) is 36.7. The van der Waals surface area contributed by atoms with Crippen LogP contribution in [0.5, 0.6) is 0 Å². The highest BCUT2D eigenvalue weighted by Crippen LogP contribution is 2.15. The smallest absolute Gasteiger partial charge is 0.306 e. The molecule has 284 valence electrons. The number of rotatable bonds is 34. The second kappa shape index (κ2) is 35.6. The monoisotopic (exact) mass is 691 g/mol. The Bertz CT molecular complexity index is 876. The normalized spacial score (nSPS) is 14.1. The Morgan fingerprint density at radius 1 is 0.592 bits per heavy atom. The van der Waals surface area contributed by atoms with Crippen LogP contribution in [0.2, 0.25) is 0 Å². The fourth-order valence-corrected chi connectivity index (χ4v) is 5.42. The van der Waals surface area contributed by atoms with Crippen molar-refractivity contribution in [2.75, 3.05) is 13.2 Å². The van der Waals surface area contributed by atoms with Gasteiger partial charge in [-0.1, -0.05) is 172 Å². The second-order valence-electron chi connectivity index (χ2n) is 13.9. The van der Waals surface area contributed by atoms with E-state index < -0.39 is 24.8 Å². The summed E-state index contributed by atoms with van der Waals surface area (Å²) < 4.78 is 10.5. The largest absolute Gasteiger partial charge is 0.462 e. The van der Waals surface area contributed by atoms with Gasteiger partial charge in [-0.2, -0.15) is 0 Å². The number of ether oxygens (including phenoxy) is 2. The van der Waals surface area contributed by atoms with E-state index in [4.69, 9.17) is 9.47 Å². The van der Waals surface area contributed by atoms with Gasteiger partial charge in [0.25, 0.3) is 0 Å². The first-order valence-electron chi connectivity index (χ1n) is 19.8. The molecule has 0 aliphatic carbocycles. The van der Waals surface area contributed by atoms with E-state index in [1.54, 1.807) is 12.2 Å². The second-order valence-corrected chi connectivity index (χ2v) is 13.9. The molecule has 0 unspecified atom stereocenters. The van der Waals surface area contributed by atoms with Crippen LogP contribution in [0.3, 0.4) is 0 Å². The first kappa shape index (κ1) is 46.8. The van der Waals surface area contributed by atoms with Crippen LogP contribution in [0.15, 0.2) is 48.6 Å². The third kappa shape index (κ3) is 35.4. The van der Waals surface area contributed by atoms with Crippen molar-refractivity contribution < 1.29 is 34.4 Å². The highest BCUT2D eigenvalue weighted by molar-refractivity contribution is 5.70. The summed E-state index contributed by atoms with van der Waals surface area (Å²) in [5, 5.41) is 29.5. The number of aliphatic hydroxyl groups is 3. The van der Waals surface area contributed by atoms with Crippen LogP contribution in [-0.2, 0) is 19.1 Å². The highest BCUT2D eigenvalue weighted by atomic mass is 16.6. The molecule has 0 aromatic rings. The fourth-order valence-electron chi connectivity index (χ4n) is 5.42. The van der Waals surface area contributed by atoms with Gasteiger partial charge in [0.2, 0.25) is 0 Å². The maximum absolute atomic E-state index is 12.2. The van der Waals surface area contributed by atoms with Crippen molar-refractivity contribution in [1.82, 2.24) is 0 Å². The topological polar surface area (TPSA) is 113 Å². The molecule has 0 rings (SSSR count). The zero-order valence-corrected chi connectivity index (χ0v) is 31.6. The van der Waals surface area contributed by atoms with Crippen molar-refractivity contribution >= 4 is 11.9 Å². The maximum atomic E-state index is 12.2. The van der Waals surface area contributed by atoms with E-state index in [0.29, 0.717) is 19.3 Å². The van der Waals surface area contributed by atoms with E-state index in [9.17, 15) is 24.9 Å². The SMILES string of the molecule is CCCCC[C@H](O)/C=C/C=C\C/C=C\C=C\[C@H](O)CCCC(=O)OC[C@H](CO)OC(=O)CCCCCCCCCCCCCCCC(C)C. The van der Waals surface area contributed by atoms with Crippen LogP contribution in [-0.4, -0.2) is 58.8 Å². The first-order valence-corrected chi connectivity index (χ1v) is 19.8. The summed E-state index contributed by atoms with van der Waals surface area (Å²) in [5.41, 5.74) is 0. The van der Waals surface area contributed by atoms with E-state index in [0.717, 1.165) is 57.3 Å². The molecular weight excluding hydrogens is 616 g/mol. The number of allylic oxidation sites excluding steroid dienone is 6. The highest BCUT2D eigenvalue weighted by Gasteiger charge is 2.16. The van der Waals surface area contributed by atoms with Gasteiger partial charge < -0.3 is 24.8 Å². The Balaban J connectivity index is 3.80. The number of carbonyl (C=O) groups excluding carboxylic acids is 2. The van der Waals surface area contributed by atoms with Crippen molar-refractivity contribution in [3.8, 4) is 0 Å². The number of hydrogen-bond acceptors (Lipinski definition) is 7. The lowest BCUT2D eigenvalue weighted by Gasteiger charge is -2.16. The lowest BCUT2D eigenvalue weighted by molar-refractivity contribution is -0.161. The van der Waals surface area contributed by atoms with Crippen LogP contribution in [0.25, 0.3) is 0 Å². The predicted molar refractivity (Wildman–Crippen MR) is 203 cm³/mol. The molecule has 0 aromatic heterocycles. The van der Waals surface area contributed by atoms with E-state index in [2.05, 4.69) is 20.8 Å². The minimum Gasteiger partial charge on any atom is -0.462 e. The van der Waals surface area contributed by atoms with Gasteiger partial charge in [0, 0.05) is 12.8 Å². The average Bonchev–Trinajstić information content (AvgIpc) is 3.07. The van der Waals surface area contributed by atoms with Crippen LogP contribution in [0.1, 0.15) is 168 Å². The molecule has 0 heterocycles. The lowest BCUT2D eigenvalue weighted by Crippen LogP contribution is -2.28. The summed E-state index contributed by atoms with van der Waals surface area (Å²) in [5.74, 6) is 0.0138. The van der Waals surface area contributed by atoms with Crippen molar-refractivity contribution in [1.29, 1.82) is 0 Å². The van der Waals surface area contributed by atoms with Gasteiger partial charge in [0.15, 0.2) is 6.10 Å². The minimum atomic E-state index is -0.857.